The third-order valence-electron chi connectivity index (χ3n) is 7.14. The third kappa shape index (κ3) is 5.54. The van der Waals surface area contributed by atoms with Crippen molar-refractivity contribution in [2.75, 3.05) is 26.7 Å². The summed E-state index contributed by atoms with van der Waals surface area (Å²) < 4.78 is 66.3. The van der Waals surface area contributed by atoms with Crippen LogP contribution >= 0.6 is 0 Å². The van der Waals surface area contributed by atoms with Crippen molar-refractivity contribution in [2.24, 2.45) is 21.4 Å². The largest absolute Gasteiger partial charge is 0.417 e. The summed E-state index contributed by atoms with van der Waals surface area (Å²) in [4.78, 5) is -0.914. The minimum absolute atomic E-state index is 0.0420. The number of rotatable bonds is 6. The van der Waals surface area contributed by atoms with E-state index in [0.717, 1.165) is 64.2 Å². The molecule has 2 fully saturated rings. The lowest BCUT2D eigenvalue weighted by Crippen LogP contribution is -2.39. The van der Waals surface area contributed by atoms with Crippen molar-refractivity contribution in [1.82, 2.24) is 21.2 Å². The van der Waals surface area contributed by atoms with E-state index in [2.05, 4.69) is 26.5 Å². The van der Waals surface area contributed by atoms with Crippen molar-refractivity contribution in [3.8, 4) is 0 Å². The van der Waals surface area contributed by atoms with E-state index in [1.165, 1.54) is 11.1 Å². The zero-order chi connectivity index (χ0) is 24.5. The average Bonchev–Trinajstić information content (AvgIpc) is 3.22. The molecule has 3 aliphatic rings. The fourth-order valence-electron chi connectivity index (χ4n) is 5.33. The van der Waals surface area contributed by atoms with Gasteiger partial charge in [-0.2, -0.15) is 18.2 Å². The highest BCUT2D eigenvalue weighted by molar-refractivity contribution is 7.89. The number of halogens is 3. The van der Waals surface area contributed by atoms with E-state index in [4.69, 9.17) is 5.14 Å². The van der Waals surface area contributed by atoms with Gasteiger partial charge in [0.2, 0.25) is 10.0 Å². The van der Waals surface area contributed by atoms with Gasteiger partial charge >= 0.3 is 6.18 Å². The van der Waals surface area contributed by atoms with Crippen molar-refractivity contribution >= 4 is 10.0 Å². The van der Waals surface area contributed by atoms with E-state index in [-0.39, 0.29) is 11.5 Å². The van der Waals surface area contributed by atoms with Crippen LogP contribution in [0.1, 0.15) is 67.3 Å². The van der Waals surface area contributed by atoms with Gasteiger partial charge in [0.25, 0.3) is 0 Å². The first kappa shape index (κ1) is 25.3. The molecule has 1 aromatic carbocycles. The number of benzene rings is 1. The molecule has 0 aromatic heterocycles. The van der Waals surface area contributed by atoms with Gasteiger partial charge in [0.15, 0.2) is 6.17 Å². The van der Waals surface area contributed by atoms with Gasteiger partial charge in [0, 0.05) is 18.7 Å². The SMILES string of the molecule is CN1NN=NC1c1c(C2CCC(NCC3CCNCC3)CC2)ccc(C(F)(F)F)c1S(N)(=O)=O. The van der Waals surface area contributed by atoms with E-state index in [1.807, 2.05) is 0 Å². The molecule has 0 bridgehead atoms. The van der Waals surface area contributed by atoms with Gasteiger partial charge in [-0.15, -0.1) is 5.11 Å². The molecular weight excluding hydrogens is 471 g/mol. The fraction of sp³-hybridized carbons (Fsp3) is 0.714. The van der Waals surface area contributed by atoms with E-state index in [1.54, 1.807) is 7.05 Å². The van der Waals surface area contributed by atoms with Crippen LogP contribution in [0, 0.1) is 5.92 Å². The quantitative estimate of drug-likeness (QED) is 0.473. The van der Waals surface area contributed by atoms with Crippen LogP contribution < -0.4 is 21.3 Å². The molecule has 0 spiro atoms. The van der Waals surface area contributed by atoms with Crippen LogP contribution in [0.2, 0.25) is 0 Å². The van der Waals surface area contributed by atoms with E-state index >= 15 is 0 Å². The first-order chi connectivity index (χ1) is 16.1. The molecule has 1 saturated carbocycles. The number of hydrazine groups is 1. The predicted octanol–water partition coefficient (Wildman–Crippen LogP) is 2.78. The Balaban J connectivity index is 1.60. The third-order valence-corrected chi connectivity index (χ3v) is 8.14. The summed E-state index contributed by atoms with van der Waals surface area (Å²) in [6.07, 6.45) is -0.409. The van der Waals surface area contributed by atoms with Gasteiger partial charge in [0.05, 0.1) is 5.56 Å². The molecule has 2 aliphatic heterocycles. The molecule has 0 amide bonds. The van der Waals surface area contributed by atoms with Gasteiger partial charge < -0.3 is 10.6 Å². The molecule has 1 aromatic rings. The van der Waals surface area contributed by atoms with Gasteiger partial charge in [-0.05, 0) is 81.6 Å². The first-order valence-corrected chi connectivity index (χ1v) is 13.2. The summed E-state index contributed by atoms with van der Waals surface area (Å²) in [6, 6.07) is 2.57. The number of sulfonamides is 1. The Bertz CT molecular complexity index is 1000. The molecule has 13 heteroatoms. The summed E-state index contributed by atoms with van der Waals surface area (Å²) in [7, 11) is -3.15. The normalized spacial score (nSPS) is 27.1. The molecule has 1 unspecified atom stereocenters. The van der Waals surface area contributed by atoms with Crippen LogP contribution in [0.3, 0.4) is 0 Å². The summed E-state index contributed by atoms with van der Waals surface area (Å²) in [5.74, 6) is 0.562. The van der Waals surface area contributed by atoms with Crippen molar-refractivity contribution in [3.05, 3.63) is 28.8 Å². The van der Waals surface area contributed by atoms with Crippen molar-refractivity contribution in [2.45, 2.75) is 67.7 Å². The van der Waals surface area contributed by atoms with Crippen LogP contribution in [0.4, 0.5) is 13.2 Å². The highest BCUT2D eigenvalue weighted by Crippen LogP contribution is 2.45. The smallest absolute Gasteiger partial charge is 0.317 e. The first-order valence-electron chi connectivity index (χ1n) is 11.6. The van der Waals surface area contributed by atoms with Gasteiger partial charge in [-0.1, -0.05) is 11.3 Å². The molecule has 1 atom stereocenters. The molecule has 0 radical (unpaired) electrons. The molecule has 4 rings (SSSR count). The average molecular weight is 504 g/mol. The Morgan fingerprint density at radius 3 is 2.38 bits per heavy atom. The highest BCUT2D eigenvalue weighted by atomic mass is 32.2. The number of hydrogen-bond acceptors (Lipinski definition) is 8. The molecule has 34 heavy (non-hydrogen) atoms. The van der Waals surface area contributed by atoms with Crippen LogP contribution in [-0.2, 0) is 16.2 Å². The second-order valence-corrected chi connectivity index (χ2v) is 10.9. The second kappa shape index (κ2) is 10.1. The van der Waals surface area contributed by atoms with E-state index < -0.39 is 32.8 Å². The summed E-state index contributed by atoms with van der Waals surface area (Å²) in [6.45, 7) is 3.06. The molecule has 9 nitrogen and oxygen atoms in total. The maximum absolute atomic E-state index is 13.8. The number of alkyl halides is 3. The van der Waals surface area contributed by atoms with E-state index in [0.29, 0.717) is 17.5 Å². The topological polar surface area (TPSA) is 124 Å². The van der Waals surface area contributed by atoms with Crippen molar-refractivity contribution < 1.29 is 21.6 Å². The Morgan fingerprint density at radius 2 is 1.82 bits per heavy atom. The van der Waals surface area contributed by atoms with Crippen LogP contribution in [-0.4, -0.2) is 46.2 Å². The maximum atomic E-state index is 13.8. The number of primary sulfonamides is 1. The summed E-state index contributed by atoms with van der Waals surface area (Å²) >= 11 is 0. The lowest BCUT2D eigenvalue weighted by atomic mass is 9.79. The maximum Gasteiger partial charge on any atom is 0.417 e. The molecule has 1 aliphatic carbocycles. The predicted molar refractivity (Wildman–Crippen MR) is 120 cm³/mol. The molecular formula is C21H32F3N7O2S. The molecule has 5 N–H and O–H groups in total. The standard InChI is InChI=1S/C21H32F3N7O2S/c1-31-20(28-29-30-31)18-16(6-7-17(21(22,23)24)19(18)34(25,32)33)14-2-4-15(5-3-14)27-12-13-8-10-26-11-9-13/h6-7,13-15,20,26-27H,2-5,8-12H2,1H3,(H,28,30)(H2,25,32,33). The van der Waals surface area contributed by atoms with E-state index in [9.17, 15) is 21.6 Å². The molecule has 2 heterocycles. The van der Waals surface area contributed by atoms with Gasteiger partial charge in [-0.3, -0.25) is 0 Å². The minimum Gasteiger partial charge on any atom is -0.317 e. The minimum atomic E-state index is -4.88. The zero-order valence-corrected chi connectivity index (χ0v) is 19.9. The Hall–Kier alpha value is -1.80. The Labute approximate surface area is 197 Å². The highest BCUT2D eigenvalue weighted by Gasteiger charge is 2.42. The summed E-state index contributed by atoms with van der Waals surface area (Å²) in [5.41, 5.74) is 1.77. The van der Waals surface area contributed by atoms with Crippen LogP contribution in [0.25, 0.3) is 0 Å². The Kier molecular flexibility index (Phi) is 7.48. The zero-order valence-electron chi connectivity index (χ0n) is 19.1. The van der Waals surface area contributed by atoms with Gasteiger partial charge in [0.1, 0.15) is 4.90 Å². The van der Waals surface area contributed by atoms with Gasteiger partial charge in [-0.25, -0.2) is 19.1 Å². The van der Waals surface area contributed by atoms with Crippen LogP contribution in [0.15, 0.2) is 27.4 Å². The van der Waals surface area contributed by atoms with Crippen LogP contribution in [0.5, 0.6) is 0 Å². The molecule has 1 saturated heterocycles. The van der Waals surface area contributed by atoms with Crippen molar-refractivity contribution in [3.63, 3.8) is 0 Å². The number of nitrogens with zero attached hydrogens (tertiary/aromatic N) is 3. The second-order valence-electron chi connectivity index (χ2n) is 9.44. The lowest BCUT2D eigenvalue weighted by Gasteiger charge is -2.34. The summed E-state index contributed by atoms with van der Waals surface area (Å²) in [5, 5.41) is 21.4. The fourth-order valence-corrected chi connectivity index (χ4v) is 6.35. The number of piperidine rings is 1. The Morgan fingerprint density at radius 1 is 1.15 bits per heavy atom. The number of hydrogen-bond donors (Lipinski definition) is 4. The number of nitrogens with two attached hydrogens (primary N) is 1. The number of nitrogens with one attached hydrogen (secondary N) is 3. The van der Waals surface area contributed by atoms with Crippen molar-refractivity contribution in [1.29, 1.82) is 0 Å². The lowest BCUT2D eigenvalue weighted by molar-refractivity contribution is -0.140. The monoisotopic (exact) mass is 503 g/mol. The molecule has 190 valence electrons.